The van der Waals surface area contributed by atoms with E-state index in [4.69, 9.17) is 0 Å². The van der Waals surface area contributed by atoms with Gasteiger partial charge in [0.05, 0.1) is 17.8 Å². The minimum Gasteiger partial charge on any atom is -0.374 e. The largest absolute Gasteiger partial charge is 0.374 e. The van der Waals surface area contributed by atoms with E-state index in [9.17, 15) is 0 Å². The summed E-state index contributed by atoms with van der Waals surface area (Å²) in [6, 6.07) is 18.5. The van der Waals surface area contributed by atoms with E-state index in [1.54, 1.807) is 0 Å². The van der Waals surface area contributed by atoms with Crippen LogP contribution in [0.2, 0.25) is 0 Å². The minimum absolute atomic E-state index is 0.635. The zero-order chi connectivity index (χ0) is 15.4. The number of benzene rings is 2. The molecule has 1 N–H and O–H groups in total. The molecule has 0 unspecified atom stereocenters. The zero-order valence-electron chi connectivity index (χ0n) is 12.4. The predicted octanol–water partition coefficient (Wildman–Crippen LogP) is 4.89. The Labute approximate surface area is 139 Å². The topological polar surface area (TPSA) is 17.0 Å². The summed E-state index contributed by atoms with van der Waals surface area (Å²) >= 11 is 3.61. The highest BCUT2D eigenvalue weighted by molar-refractivity contribution is 9.10. The summed E-state index contributed by atoms with van der Waals surface area (Å²) in [5.41, 5.74) is 3.37. The molecule has 0 aliphatic carbocycles. The maximum atomic E-state index is 3.61. The molecule has 0 aliphatic heterocycles. The maximum absolute atomic E-state index is 3.61. The number of hydrogen-bond acceptors (Lipinski definition) is 1. The number of rotatable bonds is 3. The van der Waals surface area contributed by atoms with Crippen molar-refractivity contribution in [2.45, 2.75) is 13.5 Å². The van der Waals surface area contributed by atoms with E-state index in [0.29, 0.717) is 6.54 Å². The second kappa shape index (κ2) is 6.72. The Morgan fingerprint density at radius 3 is 2.68 bits per heavy atom. The molecule has 1 heterocycles. The fourth-order valence-electron chi connectivity index (χ4n) is 2.53. The van der Waals surface area contributed by atoms with E-state index in [0.717, 1.165) is 22.4 Å². The fourth-order valence-corrected chi connectivity index (χ4v) is 3.00. The van der Waals surface area contributed by atoms with Crippen molar-refractivity contribution in [1.29, 1.82) is 0 Å². The van der Waals surface area contributed by atoms with Crippen molar-refractivity contribution in [2.24, 2.45) is 0 Å². The molecule has 0 bridgehead atoms. The Kier molecular flexibility index (Phi) is 4.50. The molecule has 22 heavy (non-hydrogen) atoms. The van der Waals surface area contributed by atoms with Gasteiger partial charge in [-0.25, -0.2) is 0 Å². The lowest BCUT2D eigenvalue weighted by Gasteiger charge is -2.03. The number of hydrogen-bond donors (Lipinski definition) is 1. The van der Waals surface area contributed by atoms with E-state index >= 15 is 0 Å². The van der Waals surface area contributed by atoms with Gasteiger partial charge in [-0.1, -0.05) is 46.1 Å². The molecular weight excluding hydrogens is 336 g/mol. The van der Waals surface area contributed by atoms with Crippen molar-refractivity contribution in [3.05, 3.63) is 64.8 Å². The average Bonchev–Trinajstić information content (AvgIpc) is 2.91. The van der Waals surface area contributed by atoms with E-state index in [1.807, 2.05) is 30.3 Å². The molecule has 3 heteroatoms. The van der Waals surface area contributed by atoms with Gasteiger partial charge in [0, 0.05) is 22.1 Å². The van der Waals surface area contributed by atoms with Crippen molar-refractivity contribution in [1.82, 2.24) is 4.57 Å². The Bertz CT molecular complexity index is 838. The van der Waals surface area contributed by atoms with Crippen molar-refractivity contribution < 1.29 is 0 Å². The van der Waals surface area contributed by atoms with Gasteiger partial charge in [-0.3, -0.25) is 0 Å². The van der Waals surface area contributed by atoms with Crippen LogP contribution in [0.4, 0.5) is 5.69 Å². The molecule has 2 aromatic carbocycles. The molecule has 3 aromatic rings. The van der Waals surface area contributed by atoms with Crippen LogP contribution in [0.1, 0.15) is 12.6 Å². The van der Waals surface area contributed by atoms with E-state index in [1.165, 1.54) is 10.9 Å². The first-order valence-corrected chi connectivity index (χ1v) is 8.14. The van der Waals surface area contributed by atoms with Crippen LogP contribution in [0.3, 0.4) is 0 Å². The first-order valence-electron chi connectivity index (χ1n) is 7.35. The van der Waals surface area contributed by atoms with Gasteiger partial charge in [-0.05, 0) is 43.2 Å². The number of anilines is 1. The molecule has 0 saturated heterocycles. The number of nitrogens with zero attached hydrogens (tertiary/aromatic N) is 1. The molecule has 0 aliphatic rings. The highest BCUT2D eigenvalue weighted by atomic mass is 79.9. The summed E-state index contributed by atoms with van der Waals surface area (Å²) in [5.74, 6) is 6.49. The second-order valence-corrected chi connectivity index (χ2v) is 5.82. The average molecular weight is 353 g/mol. The first kappa shape index (κ1) is 14.7. The van der Waals surface area contributed by atoms with E-state index in [2.05, 4.69) is 68.8 Å². The van der Waals surface area contributed by atoms with Crippen LogP contribution in [-0.4, -0.2) is 11.1 Å². The number of fused-ring (bicyclic) bond motifs is 1. The molecule has 0 atom stereocenters. The number of para-hydroxylation sites is 1. The summed E-state index contributed by atoms with van der Waals surface area (Å²) in [6.45, 7) is 3.69. The van der Waals surface area contributed by atoms with Crippen molar-refractivity contribution in [2.75, 3.05) is 11.9 Å². The van der Waals surface area contributed by atoms with Crippen LogP contribution in [0.15, 0.2) is 59.1 Å². The fraction of sp³-hybridized carbons (Fsp3) is 0.158. The molecule has 0 spiro atoms. The monoisotopic (exact) mass is 352 g/mol. The molecule has 1 aromatic heterocycles. The van der Waals surface area contributed by atoms with Crippen LogP contribution in [0.25, 0.3) is 10.9 Å². The second-order valence-electron chi connectivity index (χ2n) is 4.97. The predicted molar refractivity (Wildman–Crippen MR) is 97.1 cm³/mol. The third-order valence-electron chi connectivity index (χ3n) is 3.58. The van der Waals surface area contributed by atoms with Crippen LogP contribution < -0.4 is 5.32 Å². The molecule has 2 nitrogen and oxygen atoms in total. The normalized spacial score (nSPS) is 10.3. The lowest BCUT2D eigenvalue weighted by Crippen LogP contribution is -1.99. The van der Waals surface area contributed by atoms with Gasteiger partial charge in [0.25, 0.3) is 0 Å². The maximum Gasteiger partial charge on any atom is 0.0931 e. The molecule has 3 rings (SSSR count). The van der Waals surface area contributed by atoms with Crippen LogP contribution in [0.5, 0.6) is 0 Å². The van der Waals surface area contributed by atoms with Gasteiger partial charge >= 0.3 is 0 Å². The third-order valence-corrected chi connectivity index (χ3v) is 4.27. The standard InChI is InChI=1S/C19H17BrN2/c1-2-22-16(14-17-18(20)11-6-12-19(17)22)10-7-13-21-15-8-4-3-5-9-15/h3-6,8-9,11-12,14,21H,2,13H2,1H3. The van der Waals surface area contributed by atoms with Gasteiger partial charge in [-0.2, -0.15) is 0 Å². The van der Waals surface area contributed by atoms with Crippen molar-refractivity contribution in [3.63, 3.8) is 0 Å². The molecule has 0 fully saturated rings. The Balaban J connectivity index is 1.82. The van der Waals surface area contributed by atoms with Gasteiger partial charge < -0.3 is 9.88 Å². The number of aromatic nitrogens is 1. The molecular formula is C19H17BrN2. The number of aryl methyl sites for hydroxylation is 1. The lowest BCUT2D eigenvalue weighted by molar-refractivity contribution is 0.787. The van der Waals surface area contributed by atoms with Crippen LogP contribution in [-0.2, 0) is 6.54 Å². The van der Waals surface area contributed by atoms with Gasteiger partial charge in [0.15, 0.2) is 0 Å². The Hall–Kier alpha value is -2.18. The Morgan fingerprint density at radius 2 is 1.91 bits per heavy atom. The molecule has 110 valence electrons. The number of nitrogens with one attached hydrogen (secondary N) is 1. The summed E-state index contributed by atoms with van der Waals surface area (Å²) in [5, 5.41) is 4.52. The summed E-state index contributed by atoms with van der Waals surface area (Å²) < 4.78 is 3.36. The SMILES string of the molecule is CCn1c(C#CCNc2ccccc2)cc2c(Br)cccc21. The van der Waals surface area contributed by atoms with Gasteiger partial charge in [-0.15, -0.1) is 0 Å². The zero-order valence-corrected chi connectivity index (χ0v) is 14.0. The highest BCUT2D eigenvalue weighted by Gasteiger charge is 2.07. The molecule has 0 amide bonds. The lowest BCUT2D eigenvalue weighted by atomic mass is 10.2. The van der Waals surface area contributed by atoms with Crippen LogP contribution in [0, 0.1) is 11.8 Å². The minimum atomic E-state index is 0.635. The summed E-state index contributed by atoms with van der Waals surface area (Å²) in [7, 11) is 0. The van der Waals surface area contributed by atoms with E-state index in [-0.39, 0.29) is 0 Å². The van der Waals surface area contributed by atoms with Crippen LogP contribution >= 0.6 is 15.9 Å². The molecule has 0 radical (unpaired) electrons. The highest BCUT2D eigenvalue weighted by Crippen LogP contribution is 2.26. The molecule has 0 saturated carbocycles. The number of halogens is 1. The Morgan fingerprint density at radius 1 is 1.09 bits per heavy atom. The summed E-state index contributed by atoms with van der Waals surface area (Å²) in [6.07, 6.45) is 0. The first-order chi connectivity index (χ1) is 10.8. The third kappa shape index (κ3) is 3.03. The van der Waals surface area contributed by atoms with E-state index < -0.39 is 0 Å². The smallest absolute Gasteiger partial charge is 0.0931 e. The van der Waals surface area contributed by atoms with Gasteiger partial charge in [0.2, 0.25) is 0 Å². The van der Waals surface area contributed by atoms with Gasteiger partial charge in [0.1, 0.15) is 0 Å². The summed E-state index contributed by atoms with van der Waals surface area (Å²) in [4.78, 5) is 0. The quantitative estimate of drug-likeness (QED) is 0.664. The van der Waals surface area contributed by atoms with Crippen molar-refractivity contribution >= 4 is 32.5 Å². The van der Waals surface area contributed by atoms with Crippen molar-refractivity contribution in [3.8, 4) is 11.8 Å².